The van der Waals surface area contributed by atoms with Crippen molar-refractivity contribution >= 4 is 17.3 Å². The lowest BCUT2D eigenvalue weighted by Gasteiger charge is -2.32. The Morgan fingerprint density at radius 2 is 1.97 bits per heavy atom. The molecule has 2 N–H and O–H groups in total. The van der Waals surface area contributed by atoms with Crippen LogP contribution in [0.25, 0.3) is 0 Å². The molecule has 1 atom stereocenters. The maximum Gasteiger partial charge on any atom is 0.191 e. The van der Waals surface area contributed by atoms with E-state index in [1.54, 1.807) is 18.4 Å². The Morgan fingerprint density at radius 3 is 2.70 bits per heavy atom. The molecule has 162 valence electrons. The van der Waals surface area contributed by atoms with E-state index in [0.717, 1.165) is 48.6 Å². The van der Waals surface area contributed by atoms with Crippen LogP contribution in [0.2, 0.25) is 0 Å². The summed E-state index contributed by atoms with van der Waals surface area (Å²) in [7, 11) is 1.81. The molecule has 1 aromatic heterocycles. The zero-order valence-corrected chi connectivity index (χ0v) is 18.6. The highest BCUT2D eigenvalue weighted by Gasteiger charge is 2.22. The molecule has 0 bridgehead atoms. The second-order valence-electron chi connectivity index (χ2n) is 7.91. The Morgan fingerprint density at radius 1 is 1.20 bits per heavy atom. The van der Waals surface area contributed by atoms with E-state index in [-0.39, 0.29) is 6.10 Å². The van der Waals surface area contributed by atoms with Crippen LogP contribution in [0.1, 0.15) is 23.5 Å². The normalized spacial score (nSPS) is 20.2. The largest absolute Gasteiger partial charge is 0.486 e. The van der Waals surface area contributed by atoms with Gasteiger partial charge in [-0.1, -0.05) is 12.1 Å². The molecule has 0 spiro atoms. The Bertz CT molecular complexity index is 848. The molecule has 2 aliphatic rings. The summed E-state index contributed by atoms with van der Waals surface area (Å²) in [6.07, 6.45) is 2.36. The molecule has 7 nitrogen and oxygen atoms in total. The van der Waals surface area contributed by atoms with Crippen LogP contribution in [0.15, 0.2) is 34.6 Å². The average molecular weight is 430 g/mol. The summed E-state index contributed by atoms with van der Waals surface area (Å²) in [6.45, 7) is 7.43. The lowest BCUT2D eigenvalue weighted by atomic mass is 9.97. The van der Waals surface area contributed by atoms with Crippen LogP contribution < -0.4 is 20.1 Å². The third kappa shape index (κ3) is 5.64. The van der Waals surface area contributed by atoms with Crippen LogP contribution in [0, 0.1) is 12.8 Å². The first-order chi connectivity index (χ1) is 14.7. The monoisotopic (exact) mass is 429 g/mol. The van der Waals surface area contributed by atoms with E-state index < -0.39 is 0 Å². The van der Waals surface area contributed by atoms with Gasteiger partial charge in [0.15, 0.2) is 17.5 Å². The molecule has 1 fully saturated rings. The van der Waals surface area contributed by atoms with Crippen molar-refractivity contribution in [2.24, 2.45) is 10.9 Å². The number of rotatable bonds is 6. The van der Waals surface area contributed by atoms with E-state index in [1.165, 1.54) is 18.5 Å². The zero-order chi connectivity index (χ0) is 20.8. The first-order valence-corrected chi connectivity index (χ1v) is 11.5. The fraction of sp³-hybridized carbons (Fsp3) is 0.545. The predicted octanol–water partition coefficient (Wildman–Crippen LogP) is 2.67. The van der Waals surface area contributed by atoms with Crippen molar-refractivity contribution in [3.63, 3.8) is 0 Å². The standard InChI is InChI=1S/C22H31N5O2S/c1-16-26-18(15-30-16)13-27-9-7-17(8-10-27)11-24-22(23-2)25-12-19-14-28-20-5-3-4-6-21(20)29-19/h3-6,15,17,19H,7-14H2,1-2H3,(H2,23,24,25). The second-order valence-corrected chi connectivity index (χ2v) is 8.97. The minimum Gasteiger partial charge on any atom is -0.486 e. The van der Waals surface area contributed by atoms with Gasteiger partial charge < -0.3 is 20.1 Å². The van der Waals surface area contributed by atoms with Gasteiger partial charge in [0.05, 0.1) is 17.2 Å². The van der Waals surface area contributed by atoms with Crippen LogP contribution in [-0.2, 0) is 6.54 Å². The molecular weight excluding hydrogens is 398 g/mol. The van der Waals surface area contributed by atoms with E-state index in [9.17, 15) is 0 Å². The average Bonchev–Trinajstić information content (AvgIpc) is 3.19. The van der Waals surface area contributed by atoms with Gasteiger partial charge in [-0.25, -0.2) is 4.98 Å². The van der Waals surface area contributed by atoms with Crippen molar-refractivity contribution in [1.82, 2.24) is 20.5 Å². The number of piperidine rings is 1. The molecule has 0 radical (unpaired) electrons. The number of guanidine groups is 1. The van der Waals surface area contributed by atoms with Crippen LogP contribution in [-0.4, -0.2) is 61.8 Å². The number of nitrogens with one attached hydrogen (secondary N) is 2. The Labute approximate surface area is 182 Å². The number of para-hydroxylation sites is 2. The quantitative estimate of drug-likeness (QED) is 0.543. The van der Waals surface area contributed by atoms with Gasteiger partial charge in [-0.2, -0.15) is 0 Å². The number of likely N-dealkylation sites (tertiary alicyclic amines) is 1. The van der Waals surface area contributed by atoms with Crippen molar-refractivity contribution < 1.29 is 9.47 Å². The van der Waals surface area contributed by atoms with Crippen molar-refractivity contribution in [2.45, 2.75) is 32.4 Å². The fourth-order valence-corrected chi connectivity index (χ4v) is 4.50. The van der Waals surface area contributed by atoms with Gasteiger partial charge in [-0.3, -0.25) is 9.89 Å². The third-order valence-electron chi connectivity index (χ3n) is 5.61. The predicted molar refractivity (Wildman–Crippen MR) is 121 cm³/mol. The summed E-state index contributed by atoms with van der Waals surface area (Å²) in [6, 6.07) is 7.79. The highest BCUT2D eigenvalue weighted by Crippen LogP contribution is 2.30. The molecule has 1 aromatic carbocycles. The summed E-state index contributed by atoms with van der Waals surface area (Å²) in [5.41, 5.74) is 1.20. The summed E-state index contributed by atoms with van der Waals surface area (Å²) >= 11 is 1.73. The molecule has 8 heteroatoms. The lowest BCUT2D eigenvalue weighted by Crippen LogP contribution is -2.47. The number of aliphatic imine (C=N–C) groups is 1. The lowest BCUT2D eigenvalue weighted by molar-refractivity contribution is 0.0935. The topological polar surface area (TPSA) is 71.0 Å². The fourth-order valence-electron chi connectivity index (χ4n) is 3.89. The minimum absolute atomic E-state index is 0.0314. The molecule has 0 aliphatic carbocycles. The Balaban J connectivity index is 1.15. The number of aromatic nitrogens is 1. The van der Waals surface area contributed by atoms with E-state index in [1.807, 2.05) is 24.3 Å². The minimum atomic E-state index is -0.0314. The van der Waals surface area contributed by atoms with Gasteiger partial charge >= 0.3 is 0 Å². The van der Waals surface area contributed by atoms with E-state index >= 15 is 0 Å². The Hall–Kier alpha value is -2.32. The zero-order valence-electron chi connectivity index (χ0n) is 17.8. The van der Waals surface area contributed by atoms with Crippen molar-refractivity contribution in [3.05, 3.63) is 40.3 Å². The van der Waals surface area contributed by atoms with Gasteiger partial charge in [-0.15, -0.1) is 11.3 Å². The number of aryl methyl sites for hydroxylation is 1. The molecule has 4 rings (SSSR count). The molecule has 2 aliphatic heterocycles. The van der Waals surface area contributed by atoms with Crippen LogP contribution in [0.4, 0.5) is 0 Å². The van der Waals surface area contributed by atoms with E-state index in [2.05, 4.69) is 37.8 Å². The summed E-state index contributed by atoms with van der Waals surface area (Å²) in [5.74, 6) is 3.10. The molecule has 30 heavy (non-hydrogen) atoms. The summed E-state index contributed by atoms with van der Waals surface area (Å²) in [4.78, 5) is 11.5. The number of fused-ring (bicyclic) bond motifs is 1. The van der Waals surface area contributed by atoms with Gasteiger partial charge in [0.25, 0.3) is 0 Å². The molecule has 2 aromatic rings. The molecule has 1 unspecified atom stereocenters. The van der Waals surface area contributed by atoms with Crippen molar-refractivity contribution in [3.8, 4) is 11.5 Å². The molecular formula is C22H31N5O2S. The first kappa shape index (κ1) is 20.9. The van der Waals surface area contributed by atoms with Gasteiger partial charge in [0.1, 0.15) is 12.7 Å². The molecule has 1 saturated heterocycles. The number of hydrogen-bond donors (Lipinski definition) is 2. The smallest absolute Gasteiger partial charge is 0.191 e. The van der Waals surface area contributed by atoms with Crippen LogP contribution in [0.3, 0.4) is 0 Å². The second kappa shape index (κ2) is 10.1. The highest BCUT2D eigenvalue weighted by molar-refractivity contribution is 7.09. The number of hydrogen-bond acceptors (Lipinski definition) is 6. The summed E-state index contributed by atoms with van der Waals surface area (Å²) < 4.78 is 11.8. The van der Waals surface area contributed by atoms with Gasteiger partial charge in [-0.05, 0) is 50.9 Å². The molecule has 0 saturated carbocycles. The number of ether oxygens (including phenoxy) is 2. The van der Waals surface area contributed by atoms with Crippen LogP contribution >= 0.6 is 11.3 Å². The van der Waals surface area contributed by atoms with Crippen molar-refractivity contribution in [2.75, 3.05) is 39.8 Å². The third-order valence-corrected chi connectivity index (χ3v) is 6.43. The SMILES string of the molecule is CN=C(NCC1CCN(Cc2csc(C)n2)CC1)NCC1COc2ccccc2O1. The van der Waals surface area contributed by atoms with Gasteiger partial charge in [0.2, 0.25) is 0 Å². The number of nitrogens with zero attached hydrogens (tertiary/aromatic N) is 3. The van der Waals surface area contributed by atoms with Gasteiger partial charge in [0, 0.05) is 25.5 Å². The molecule has 0 amide bonds. The number of thiazole rings is 1. The molecule has 3 heterocycles. The van der Waals surface area contributed by atoms with E-state index in [0.29, 0.717) is 19.1 Å². The number of benzene rings is 1. The van der Waals surface area contributed by atoms with E-state index in [4.69, 9.17) is 9.47 Å². The maximum atomic E-state index is 6.00. The maximum absolute atomic E-state index is 6.00. The first-order valence-electron chi connectivity index (χ1n) is 10.7. The summed E-state index contributed by atoms with van der Waals surface area (Å²) in [5, 5.41) is 10.2. The Kier molecular flexibility index (Phi) is 7.07. The van der Waals surface area contributed by atoms with Crippen LogP contribution in [0.5, 0.6) is 11.5 Å². The highest BCUT2D eigenvalue weighted by atomic mass is 32.1. The van der Waals surface area contributed by atoms with Crippen molar-refractivity contribution in [1.29, 1.82) is 0 Å².